The van der Waals surface area contributed by atoms with Crippen LogP contribution >= 0.6 is 0 Å². The molecule has 0 saturated heterocycles. The number of fused-ring (bicyclic) bond motifs is 2. The number of nitrogen functional groups attached to an aromatic ring is 1. The number of nitrogens with zero attached hydrogens (tertiary/aromatic N) is 3. The number of imidazole rings is 1. The van der Waals surface area contributed by atoms with Crippen LogP contribution in [0.3, 0.4) is 0 Å². The number of H-pyrrole nitrogens is 1. The first-order valence-electron chi connectivity index (χ1n) is 11.2. The molecule has 3 heterocycles. The third kappa shape index (κ3) is 5.02. The molecule has 1 unspecified atom stereocenters. The number of hydrogen-bond donors (Lipinski definition) is 3. The second kappa shape index (κ2) is 8.77. The molecule has 10 heteroatoms. The Kier molecular flexibility index (Phi) is 5.76. The molecule has 35 heavy (non-hydrogen) atoms. The monoisotopic (exact) mass is 482 g/mol. The van der Waals surface area contributed by atoms with Crippen LogP contribution in [0.1, 0.15) is 34.1 Å². The number of nitrogens with two attached hydrogens (primary N) is 1. The van der Waals surface area contributed by atoms with E-state index in [1.165, 1.54) is 17.7 Å². The lowest BCUT2D eigenvalue weighted by molar-refractivity contribution is -0.275. The van der Waals surface area contributed by atoms with Gasteiger partial charge in [-0.15, -0.1) is 13.2 Å². The first-order chi connectivity index (χ1) is 16.6. The van der Waals surface area contributed by atoms with E-state index in [1.807, 2.05) is 37.1 Å². The Morgan fingerprint density at radius 1 is 1.11 bits per heavy atom. The van der Waals surface area contributed by atoms with Gasteiger partial charge in [0.25, 0.3) is 0 Å². The van der Waals surface area contributed by atoms with Crippen molar-refractivity contribution < 1.29 is 17.9 Å². The molecule has 0 saturated carbocycles. The molecule has 7 nitrogen and oxygen atoms in total. The van der Waals surface area contributed by atoms with Crippen LogP contribution in [0.2, 0.25) is 0 Å². The Morgan fingerprint density at radius 3 is 2.71 bits per heavy atom. The molecule has 1 aliphatic heterocycles. The highest BCUT2D eigenvalue weighted by Crippen LogP contribution is 2.37. The van der Waals surface area contributed by atoms with E-state index in [-0.39, 0.29) is 11.8 Å². The molecular formula is C25H25F3N6O. The van der Waals surface area contributed by atoms with Gasteiger partial charge in [-0.05, 0) is 49.7 Å². The quantitative estimate of drug-likeness (QED) is 0.355. The lowest BCUT2D eigenvalue weighted by atomic mass is 10.0. The first-order valence-corrected chi connectivity index (χ1v) is 11.2. The van der Waals surface area contributed by atoms with Crippen molar-refractivity contribution in [3.05, 3.63) is 76.6 Å². The molecule has 0 spiro atoms. The highest BCUT2D eigenvalue weighted by molar-refractivity contribution is 5.79. The molecule has 4 N–H and O–H groups in total. The smallest absolute Gasteiger partial charge is 0.405 e. The number of aryl methyl sites for hydroxylation is 1. The van der Waals surface area contributed by atoms with Crippen LogP contribution in [-0.4, -0.2) is 33.3 Å². The molecule has 4 aromatic rings. The predicted molar refractivity (Wildman–Crippen MR) is 128 cm³/mol. The van der Waals surface area contributed by atoms with E-state index in [1.54, 1.807) is 12.1 Å². The summed E-state index contributed by atoms with van der Waals surface area (Å²) in [7, 11) is 1.87. The Labute approximate surface area is 200 Å². The maximum absolute atomic E-state index is 12.7. The zero-order chi connectivity index (χ0) is 24.7. The minimum atomic E-state index is -4.72. The van der Waals surface area contributed by atoms with Gasteiger partial charge < -0.3 is 20.8 Å². The molecular weight excluding hydrogens is 457 g/mol. The van der Waals surface area contributed by atoms with Crippen molar-refractivity contribution >= 4 is 22.7 Å². The predicted octanol–water partition coefficient (Wildman–Crippen LogP) is 5.09. The number of anilines is 2. The third-order valence-corrected chi connectivity index (χ3v) is 6.02. The maximum atomic E-state index is 12.7. The highest BCUT2D eigenvalue weighted by atomic mass is 19.4. The van der Waals surface area contributed by atoms with E-state index in [9.17, 15) is 13.2 Å². The van der Waals surface area contributed by atoms with Crippen molar-refractivity contribution in [2.45, 2.75) is 38.8 Å². The number of aromatic nitrogens is 3. The van der Waals surface area contributed by atoms with Crippen molar-refractivity contribution in [3.8, 4) is 5.75 Å². The Morgan fingerprint density at radius 2 is 1.91 bits per heavy atom. The van der Waals surface area contributed by atoms with Gasteiger partial charge in [0.1, 0.15) is 17.4 Å². The largest absolute Gasteiger partial charge is 0.573 e. The Hall–Kier alpha value is -3.79. The number of rotatable bonds is 6. The lowest BCUT2D eigenvalue weighted by Gasteiger charge is -2.20. The number of aromatic amines is 1. The minimum absolute atomic E-state index is 0.0250. The fourth-order valence-electron chi connectivity index (χ4n) is 4.64. The topological polar surface area (TPSA) is 92.1 Å². The van der Waals surface area contributed by atoms with Crippen molar-refractivity contribution in [3.63, 3.8) is 0 Å². The van der Waals surface area contributed by atoms with E-state index < -0.39 is 6.36 Å². The van der Waals surface area contributed by atoms with Gasteiger partial charge in [-0.3, -0.25) is 4.90 Å². The van der Waals surface area contributed by atoms with Crippen LogP contribution in [0, 0.1) is 6.92 Å². The number of pyridine rings is 1. The third-order valence-electron chi connectivity index (χ3n) is 6.02. The van der Waals surface area contributed by atoms with Gasteiger partial charge in [0.05, 0.1) is 11.6 Å². The summed E-state index contributed by atoms with van der Waals surface area (Å²) in [6.45, 7) is 2.77. The molecule has 1 atom stereocenters. The molecule has 1 aliphatic rings. The number of alkyl halides is 3. The normalized spacial score (nSPS) is 15.4. The summed E-state index contributed by atoms with van der Waals surface area (Å²) in [4.78, 5) is 14.0. The van der Waals surface area contributed by atoms with Gasteiger partial charge in [-0.2, -0.15) is 0 Å². The molecule has 0 bridgehead atoms. The van der Waals surface area contributed by atoms with Gasteiger partial charge in [-0.25, -0.2) is 9.97 Å². The van der Waals surface area contributed by atoms with E-state index in [4.69, 9.17) is 5.73 Å². The van der Waals surface area contributed by atoms with Gasteiger partial charge in [0.2, 0.25) is 0 Å². The summed E-state index contributed by atoms with van der Waals surface area (Å²) in [5.74, 6) is 1.03. The van der Waals surface area contributed by atoms with Gasteiger partial charge >= 0.3 is 6.36 Å². The average molecular weight is 483 g/mol. The molecule has 0 aliphatic carbocycles. The van der Waals surface area contributed by atoms with E-state index >= 15 is 0 Å². The van der Waals surface area contributed by atoms with Crippen LogP contribution in [0.15, 0.2) is 48.5 Å². The number of halogens is 3. The van der Waals surface area contributed by atoms with Crippen LogP contribution < -0.4 is 15.8 Å². The second-order valence-corrected chi connectivity index (χ2v) is 8.88. The maximum Gasteiger partial charge on any atom is 0.573 e. The van der Waals surface area contributed by atoms with Gasteiger partial charge in [0, 0.05) is 29.9 Å². The number of para-hydroxylation sites is 1. The fraction of sp³-hybridized carbons (Fsp3) is 0.280. The van der Waals surface area contributed by atoms with Crippen molar-refractivity contribution in [1.29, 1.82) is 0 Å². The highest BCUT2D eigenvalue weighted by Gasteiger charge is 2.32. The number of hydrogen-bond acceptors (Lipinski definition) is 6. The molecule has 2 aromatic heterocycles. The van der Waals surface area contributed by atoms with E-state index in [2.05, 4.69) is 31.1 Å². The fourth-order valence-corrected chi connectivity index (χ4v) is 4.64. The number of ether oxygens (including phenoxy) is 1. The summed E-state index contributed by atoms with van der Waals surface area (Å²) >= 11 is 0. The van der Waals surface area contributed by atoms with Crippen LogP contribution in [0.5, 0.6) is 5.75 Å². The Bertz CT molecular complexity index is 1380. The zero-order valence-electron chi connectivity index (χ0n) is 19.3. The summed E-state index contributed by atoms with van der Waals surface area (Å²) in [5.41, 5.74) is 12.3. The lowest BCUT2D eigenvalue weighted by Crippen LogP contribution is -2.21. The van der Waals surface area contributed by atoms with Crippen molar-refractivity contribution in [2.75, 3.05) is 18.1 Å². The summed E-state index contributed by atoms with van der Waals surface area (Å²) < 4.78 is 42.4. The van der Waals surface area contributed by atoms with E-state index in [0.29, 0.717) is 30.1 Å². The molecule has 182 valence electrons. The summed E-state index contributed by atoms with van der Waals surface area (Å²) in [6.07, 6.45) is -3.95. The molecule has 2 aromatic carbocycles. The van der Waals surface area contributed by atoms with Gasteiger partial charge in [-0.1, -0.05) is 30.3 Å². The van der Waals surface area contributed by atoms with Crippen LogP contribution in [-0.2, 0) is 19.5 Å². The zero-order valence-corrected chi connectivity index (χ0v) is 19.3. The molecule has 0 radical (unpaired) electrons. The number of nitrogens with one attached hydrogen (secondary N) is 2. The minimum Gasteiger partial charge on any atom is -0.405 e. The average Bonchev–Trinajstić information content (AvgIpc) is 3.35. The second-order valence-electron chi connectivity index (χ2n) is 8.88. The van der Waals surface area contributed by atoms with Gasteiger partial charge in [0.15, 0.2) is 5.65 Å². The van der Waals surface area contributed by atoms with E-state index in [0.717, 1.165) is 34.6 Å². The summed E-state index contributed by atoms with van der Waals surface area (Å²) in [5, 5.41) is 3.56. The SMILES string of the molecule is Cc1nc2nc(N)cc(C3Cc4cc(CN(C)Cc5ccccc5OC(F)(F)F)ccc4N3)c2[nH]1. The van der Waals surface area contributed by atoms with Crippen molar-refractivity contribution in [2.24, 2.45) is 0 Å². The Balaban J connectivity index is 1.30. The van der Waals surface area contributed by atoms with Crippen LogP contribution in [0.4, 0.5) is 24.7 Å². The molecule has 0 fully saturated rings. The first kappa shape index (κ1) is 23.0. The molecule has 0 amide bonds. The van der Waals surface area contributed by atoms with Crippen LogP contribution in [0.25, 0.3) is 11.2 Å². The molecule has 5 rings (SSSR count). The number of benzene rings is 2. The van der Waals surface area contributed by atoms with Crippen molar-refractivity contribution in [1.82, 2.24) is 19.9 Å². The standard InChI is InChI=1S/C25H25F3N6O/c1-14-30-23-18(11-22(29)33-24(23)31-14)20-10-17-9-15(7-8-19(17)32-20)12-34(2)13-16-5-3-4-6-21(16)35-25(26,27)28/h3-9,11,20,32H,10,12-13H2,1-2H3,(H3,29,30,31,33). The summed E-state index contributed by atoms with van der Waals surface area (Å²) in [6, 6.07) is 14.3.